The van der Waals surface area contributed by atoms with E-state index in [-0.39, 0.29) is 0 Å². The van der Waals surface area contributed by atoms with E-state index in [0.717, 1.165) is 24.0 Å². The molecule has 1 fully saturated rings. The Labute approximate surface area is 119 Å². The molecule has 1 aromatic carbocycles. The Morgan fingerprint density at radius 1 is 1.25 bits per heavy atom. The van der Waals surface area contributed by atoms with Crippen LogP contribution in [-0.2, 0) is 0 Å². The summed E-state index contributed by atoms with van der Waals surface area (Å²) in [6, 6.07) is 11.1. The number of benzene rings is 1. The van der Waals surface area contributed by atoms with E-state index < -0.39 is 0 Å². The lowest BCUT2D eigenvalue weighted by Gasteiger charge is -2.38. The number of hydrogen-bond donors (Lipinski definition) is 1. The van der Waals surface area contributed by atoms with E-state index in [1.807, 2.05) is 18.2 Å². The number of fused-ring (bicyclic) bond motifs is 1. The summed E-state index contributed by atoms with van der Waals surface area (Å²) in [5.74, 6) is 0. The van der Waals surface area contributed by atoms with Crippen LogP contribution in [0.4, 0.5) is 5.69 Å². The highest BCUT2D eigenvalue weighted by Gasteiger charge is 2.22. The van der Waals surface area contributed by atoms with Crippen molar-refractivity contribution in [2.75, 3.05) is 18.0 Å². The first-order chi connectivity index (χ1) is 9.69. The molecular formula is C16H18N4. The molecule has 1 N–H and O–H groups in total. The molecule has 102 valence electrons. The largest absolute Gasteiger partial charge is 0.368 e. The Hall–Kier alpha value is -2.12. The number of nitrogens with one attached hydrogen (secondary N) is 1. The Bertz CT molecular complexity index is 664. The second-order valence-electron chi connectivity index (χ2n) is 5.52. The minimum atomic E-state index is 0.459. The molecule has 2 aromatic rings. The summed E-state index contributed by atoms with van der Waals surface area (Å²) in [5.41, 5.74) is 2.61. The van der Waals surface area contributed by atoms with Gasteiger partial charge in [-0.05, 0) is 38.1 Å². The summed E-state index contributed by atoms with van der Waals surface area (Å²) in [4.78, 5) is 6.77. The van der Waals surface area contributed by atoms with E-state index in [9.17, 15) is 5.26 Å². The van der Waals surface area contributed by atoms with Gasteiger partial charge in [0.2, 0.25) is 0 Å². The zero-order chi connectivity index (χ0) is 14.1. The summed E-state index contributed by atoms with van der Waals surface area (Å²) in [6.45, 7) is 6.35. The third kappa shape index (κ3) is 2.21. The topological polar surface area (TPSA) is 52.0 Å². The number of aromatic nitrogens is 1. The molecule has 2 atom stereocenters. The van der Waals surface area contributed by atoms with Crippen molar-refractivity contribution in [1.29, 1.82) is 5.26 Å². The molecule has 2 heterocycles. The van der Waals surface area contributed by atoms with Crippen molar-refractivity contribution in [3.8, 4) is 6.07 Å². The fourth-order valence-corrected chi connectivity index (χ4v) is 3.05. The van der Waals surface area contributed by atoms with Crippen molar-refractivity contribution in [3.63, 3.8) is 0 Å². The van der Waals surface area contributed by atoms with Crippen LogP contribution < -0.4 is 10.2 Å². The van der Waals surface area contributed by atoms with E-state index >= 15 is 0 Å². The van der Waals surface area contributed by atoms with Crippen LogP contribution >= 0.6 is 0 Å². The second-order valence-corrected chi connectivity index (χ2v) is 5.52. The molecule has 0 radical (unpaired) electrons. The number of nitriles is 1. The van der Waals surface area contributed by atoms with Gasteiger partial charge in [-0.3, -0.25) is 4.98 Å². The summed E-state index contributed by atoms with van der Waals surface area (Å²) in [6.07, 6.45) is 1.75. The summed E-state index contributed by atoms with van der Waals surface area (Å²) >= 11 is 0. The zero-order valence-corrected chi connectivity index (χ0v) is 11.8. The van der Waals surface area contributed by atoms with Crippen molar-refractivity contribution >= 4 is 16.6 Å². The van der Waals surface area contributed by atoms with Crippen LogP contribution in [0.15, 0.2) is 30.5 Å². The highest BCUT2D eigenvalue weighted by atomic mass is 15.2. The van der Waals surface area contributed by atoms with Crippen molar-refractivity contribution in [2.45, 2.75) is 25.9 Å². The monoisotopic (exact) mass is 266 g/mol. The molecule has 0 bridgehead atoms. The van der Waals surface area contributed by atoms with E-state index in [4.69, 9.17) is 0 Å². The molecule has 3 rings (SSSR count). The van der Waals surface area contributed by atoms with Crippen molar-refractivity contribution in [3.05, 3.63) is 36.0 Å². The van der Waals surface area contributed by atoms with Gasteiger partial charge in [-0.1, -0.05) is 0 Å². The standard InChI is InChI=1S/C16H18N4/c1-11-9-20(10-12(2)19-11)15-6-5-13(8-17)16-14(15)4-3-7-18-16/h3-7,11-12,19H,9-10H2,1-2H3/t11-,12+. The van der Waals surface area contributed by atoms with Gasteiger partial charge in [0.25, 0.3) is 0 Å². The van der Waals surface area contributed by atoms with Gasteiger partial charge < -0.3 is 10.2 Å². The third-order valence-electron chi connectivity index (χ3n) is 3.77. The molecule has 0 amide bonds. The fraction of sp³-hybridized carbons (Fsp3) is 0.375. The normalized spacial score (nSPS) is 22.8. The molecule has 1 aliphatic rings. The predicted octanol–water partition coefficient (Wildman–Crippen LogP) is 2.29. The maximum Gasteiger partial charge on any atom is 0.101 e. The lowest BCUT2D eigenvalue weighted by Crippen LogP contribution is -2.54. The number of piperazine rings is 1. The van der Waals surface area contributed by atoms with Gasteiger partial charge in [0.05, 0.1) is 11.1 Å². The lowest BCUT2D eigenvalue weighted by molar-refractivity contribution is 0.407. The SMILES string of the molecule is C[C@@H]1CN(c2ccc(C#N)c3ncccc23)C[C@H](C)N1. The number of anilines is 1. The molecule has 20 heavy (non-hydrogen) atoms. The average molecular weight is 266 g/mol. The smallest absolute Gasteiger partial charge is 0.101 e. The highest BCUT2D eigenvalue weighted by molar-refractivity contribution is 5.95. The van der Waals surface area contributed by atoms with Gasteiger partial charge >= 0.3 is 0 Å². The maximum absolute atomic E-state index is 9.21. The minimum Gasteiger partial charge on any atom is -0.368 e. The predicted molar refractivity (Wildman–Crippen MR) is 80.7 cm³/mol. The first-order valence-corrected chi connectivity index (χ1v) is 6.98. The van der Waals surface area contributed by atoms with Gasteiger partial charge in [-0.25, -0.2) is 0 Å². The molecule has 4 nitrogen and oxygen atoms in total. The summed E-state index contributed by atoms with van der Waals surface area (Å²) in [7, 11) is 0. The Balaban J connectivity index is 2.11. The number of nitrogens with zero attached hydrogens (tertiary/aromatic N) is 3. The molecule has 0 spiro atoms. The van der Waals surface area contributed by atoms with Crippen LogP contribution in [-0.4, -0.2) is 30.2 Å². The van der Waals surface area contributed by atoms with Crippen LogP contribution in [0.25, 0.3) is 10.9 Å². The third-order valence-corrected chi connectivity index (χ3v) is 3.77. The van der Waals surface area contributed by atoms with Gasteiger partial charge in [0.15, 0.2) is 0 Å². The number of hydrogen-bond acceptors (Lipinski definition) is 4. The summed E-state index contributed by atoms with van der Waals surface area (Å²) < 4.78 is 0. The minimum absolute atomic E-state index is 0.459. The van der Waals surface area contributed by atoms with Gasteiger partial charge in [0, 0.05) is 42.4 Å². The quantitative estimate of drug-likeness (QED) is 0.860. The molecule has 0 aliphatic carbocycles. The average Bonchev–Trinajstić information content (AvgIpc) is 2.45. The van der Waals surface area contributed by atoms with Gasteiger partial charge in [-0.15, -0.1) is 0 Å². The van der Waals surface area contributed by atoms with Crippen molar-refractivity contribution < 1.29 is 0 Å². The molecular weight excluding hydrogens is 248 g/mol. The second kappa shape index (κ2) is 5.10. The maximum atomic E-state index is 9.21. The Morgan fingerprint density at radius 2 is 2.00 bits per heavy atom. The Morgan fingerprint density at radius 3 is 2.70 bits per heavy atom. The van der Waals surface area contributed by atoms with Crippen molar-refractivity contribution in [2.24, 2.45) is 0 Å². The molecule has 1 aliphatic heterocycles. The van der Waals surface area contributed by atoms with E-state index in [1.54, 1.807) is 6.20 Å². The van der Waals surface area contributed by atoms with E-state index in [2.05, 4.69) is 41.2 Å². The van der Waals surface area contributed by atoms with Crippen LogP contribution in [0.2, 0.25) is 0 Å². The number of rotatable bonds is 1. The van der Waals surface area contributed by atoms with Crippen LogP contribution in [0.1, 0.15) is 19.4 Å². The Kier molecular flexibility index (Phi) is 3.29. The molecule has 4 heteroatoms. The van der Waals surface area contributed by atoms with Crippen molar-refractivity contribution in [1.82, 2.24) is 10.3 Å². The van der Waals surface area contributed by atoms with Gasteiger partial charge in [0.1, 0.15) is 6.07 Å². The van der Waals surface area contributed by atoms with E-state index in [1.165, 1.54) is 5.69 Å². The zero-order valence-electron chi connectivity index (χ0n) is 11.8. The lowest BCUT2D eigenvalue weighted by atomic mass is 10.1. The first kappa shape index (κ1) is 12.9. The summed E-state index contributed by atoms with van der Waals surface area (Å²) in [5, 5.41) is 13.8. The van der Waals surface area contributed by atoms with E-state index in [0.29, 0.717) is 17.6 Å². The molecule has 0 saturated carbocycles. The molecule has 0 unspecified atom stereocenters. The molecule has 1 saturated heterocycles. The van der Waals surface area contributed by atoms with Crippen LogP contribution in [0, 0.1) is 11.3 Å². The first-order valence-electron chi connectivity index (χ1n) is 6.98. The molecule has 1 aromatic heterocycles. The highest BCUT2D eigenvalue weighted by Crippen LogP contribution is 2.29. The van der Waals surface area contributed by atoms with Crippen LogP contribution in [0.3, 0.4) is 0 Å². The van der Waals surface area contributed by atoms with Crippen LogP contribution in [0.5, 0.6) is 0 Å². The number of pyridine rings is 1. The van der Waals surface area contributed by atoms with Gasteiger partial charge in [-0.2, -0.15) is 5.26 Å². The fourth-order valence-electron chi connectivity index (χ4n) is 3.05.